The van der Waals surface area contributed by atoms with Crippen LogP contribution in [0.25, 0.3) is 6.08 Å². The van der Waals surface area contributed by atoms with E-state index in [2.05, 4.69) is 0 Å². The maximum atomic E-state index is 12.8. The number of carbonyl (C=O) groups is 1. The first-order chi connectivity index (χ1) is 14.5. The van der Waals surface area contributed by atoms with Gasteiger partial charge in [-0.25, -0.2) is 13.2 Å². The maximum absolute atomic E-state index is 12.8. The summed E-state index contributed by atoms with van der Waals surface area (Å²) in [6.07, 6.45) is 6.80. The number of rotatable bonds is 5. The Hall–Kier alpha value is -2.84. The van der Waals surface area contributed by atoms with Crippen LogP contribution in [0.1, 0.15) is 31.2 Å². The van der Waals surface area contributed by atoms with E-state index in [1.807, 2.05) is 0 Å². The molecule has 4 rings (SSSR count). The summed E-state index contributed by atoms with van der Waals surface area (Å²) in [6.45, 7) is 1.28. The monoisotopic (exact) mass is 429 g/mol. The smallest absolute Gasteiger partial charge is 0.336 e. The number of carbonyl (C=O) groups excluding carboxylic acids is 1. The molecule has 0 radical (unpaired) electrons. The van der Waals surface area contributed by atoms with Crippen molar-refractivity contribution < 1.29 is 27.4 Å². The Morgan fingerprint density at radius 3 is 2.37 bits per heavy atom. The summed E-state index contributed by atoms with van der Waals surface area (Å²) in [5, 5.41) is 0. The molecule has 0 saturated carbocycles. The normalized spacial score (nSPS) is 17.1. The molecule has 0 spiro atoms. The predicted molar refractivity (Wildman–Crippen MR) is 111 cm³/mol. The Morgan fingerprint density at radius 2 is 1.63 bits per heavy atom. The van der Waals surface area contributed by atoms with E-state index in [1.54, 1.807) is 52.8 Å². The highest BCUT2D eigenvalue weighted by Gasteiger charge is 2.24. The van der Waals surface area contributed by atoms with Crippen LogP contribution in [0.2, 0.25) is 0 Å². The lowest BCUT2D eigenvalue weighted by Crippen LogP contribution is -2.31. The van der Waals surface area contributed by atoms with Gasteiger partial charge in [0.2, 0.25) is 16.8 Å². The molecule has 8 heteroatoms. The van der Waals surface area contributed by atoms with Crippen molar-refractivity contribution in [3.8, 4) is 17.2 Å². The largest absolute Gasteiger partial charge is 0.454 e. The molecule has 0 bridgehead atoms. The average Bonchev–Trinajstić information content (AvgIpc) is 3.03. The minimum atomic E-state index is -3.48. The minimum Gasteiger partial charge on any atom is -0.454 e. The summed E-state index contributed by atoms with van der Waals surface area (Å²) < 4.78 is 42.9. The zero-order valence-electron chi connectivity index (χ0n) is 16.5. The molecule has 0 atom stereocenters. The Labute approximate surface area is 175 Å². The van der Waals surface area contributed by atoms with Gasteiger partial charge in [-0.05, 0) is 48.7 Å². The first kappa shape index (κ1) is 20.4. The van der Waals surface area contributed by atoms with Crippen molar-refractivity contribution >= 4 is 22.1 Å². The van der Waals surface area contributed by atoms with Crippen molar-refractivity contribution in [3.63, 3.8) is 0 Å². The quantitative estimate of drug-likeness (QED) is 0.410. The van der Waals surface area contributed by atoms with Crippen LogP contribution in [0.5, 0.6) is 17.2 Å². The molecule has 0 aliphatic carbocycles. The fourth-order valence-corrected chi connectivity index (χ4v) is 4.95. The number of hydrogen-bond acceptors (Lipinski definition) is 6. The summed E-state index contributed by atoms with van der Waals surface area (Å²) in [4.78, 5) is 12.3. The van der Waals surface area contributed by atoms with E-state index in [4.69, 9.17) is 14.2 Å². The van der Waals surface area contributed by atoms with E-state index in [-0.39, 0.29) is 11.7 Å². The van der Waals surface area contributed by atoms with Crippen LogP contribution in [-0.2, 0) is 14.8 Å². The van der Waals surface area contributed by atoms with E-state index in [0.717, 1.165) is 25.7 Å². The second kappa shape index (κ2) is 8.89. The lowest BCUT2D eigenvalue weighted by molar-refractivity contribution is -0.128. The third-order valence-corrected chi connectivity index (χ3v) is 6.97. The topological polar surface area (TPSA) is 82.1 Å². The summed E-state index contributed by atoms with van der Waals surface area (Å²) in [5.41, 5.74) is 0.701. The van der Waals surface area contributed by atoms with Crippen LogP contribution in [0.4, 0.5) is 0 Å². The van der Waals surface area contributed by atoms with Gasteiger partial charge in [-0.3, -0.25) is 0 Å². The van der Waals surface area contributed by atoms with Gasteiger partial charge in [-0.2, -0.15) is 4.31 Å². The molecule has 1 saturated heterocycles. The van der Waals surface area contributed by atoms with Gasteiger partial charge in [0.25, 0.3) is 0 Å². The van der Waals surface area contributed by atoms with Crippen molar-refractivity contribution in [2.24, 2.45) is 0 Å². The van der Waals surface area contributed by atoms with Gasteiger partial charge in [0.05, 0.1) is 4.90 Å². The van der Waals surface area contributed by atoms with Crippen molar-refractivity contribution in [3.05, 3.63) is 54.1 Å². The van der Waals surface area contributed by atoms with Gasteiger partial charge < -0.3 is 14.2 Å². The van der Waals surface area contributed by atoms with Crippen LogP contribution in [-0.4, -0.2) is 38.6 Å². The van der Waals surface area contributed by atoms with Crippen molar-refractivity contribution in [1.82, 2.24) is 4.31 Å². The molecule has 158 valence electrons. The van der Waals surface area contributed by atoms with Crippen molar-refractivity contribution in [1.29, 1.82) is 0 Å². The molecule has 2 aromatic carbocycles. The van der Waals surface area contributed by atoms with Gasteiger partial charge in [0, 0.05) is 25.2 Å². The number of hydrogen-bond donors (Lipinski definition) is 0. The van der Waals surface area contributed by atoms with E-state index < -0.39 is 16.0 Å². The second-order valence-corrected chi connectivity index (χ2v) is 9.09. The van der Waals surface area contributed by atoms with E-state index >= 15 is 0 Å². The third kappa shape index (κ3) is 4.66. The summed E-state index contributed by atoms with van der Waals surface area (Å²) in [7, 11) is -3.48. The highest BCUT2D eigenvalue weighted by Crippen LogP contribution is 2.35. The van der Waals surface area contributed by atoms with Crippen LogP contribution in [0.3, 0.4) is 0 Å². The van der Waals surface area contributed by atoms with Gasteiger partial charge in [0.1, 0.15) is 5.75 Å². The number of sulfonamides is 1. The summed E-state index contributed by atoms with van der Waals surface area (Å²) in [6, 6.07) is 11.4. The Morgan fingerprint density at radius 1 is 0.933 bits per heavy atom. The first-order valence-electron chi connectivity index (χ1n) is 9.92. The van der Waals surface area contributed by atoms with Crippen molar-refractivity contribution in [2.75, 3.05) is 19.9 Å². The molecule has 2 aliphatic heterocycles. The average molecular weight is 429 g/mol. The van der Waals surface area contributed by atoms with Crippen LogP contribution in [0.15, 0.2) is 53.4 Å². The Bertz CT molecular complexity index is 1040. The molecule has 2 aromatic rings. The van der Waals surface area contributed by atoms with Gasteiger partial charge in [-0.1, -0.05) is 25.0 Å². The SMILES string of the molecule is O=C(C=Cc1ccc(S(=O)(=O)N2CCCCCC2)cc1)Oc1ccc2c(c1)OCO2. The van der Waals surface area contributed by atoms with Gasteiger partial charge >= 0.3 is 5.97 Å². The number of esters is 1. The van der Waals surface area contributed by atoms with Crippen LogP contribution >= 0.6 is 0 Å². The summed E-state index contributed by atoms with van der Waals surface area (Å²) >= 11 is 0. The molecule has 2 aliphatic rings. The molecule has 7 nitrogen and oxygen atoms in total. The fourth-order valence-electron chi connectivity index (χ4n) is 3.44. The van der Waals surface area contributed by atoms with Crippen molar-refractivity contribution in [2.45, 2.75) is 30.6 Å². The molecular weight excluding hydrogens is 406 g/mol. The number of nitrogens with zero attached hydrogens (tertiary/aromatic N) is 1. The van der Waals surface area contributed by atoms with Crippen LogP contribution < -0.4 is 14.2 Å². The van der Waals surface area contributed by atoms with Gasteiger partial charge in [-0.15, -0.1) is 0 Å². The highest BCUT2D eigenvalue weighted by molar-refractivity contribution is 7.89. The molecule has 0 N–H and O–H groups in total. The number of ether oxygens (including phenoxy) is 3. The summed E-state index contributed by atoms with van der Waals surface area (Å²) in [5.74, 6) is 0.953. The number of benzene rings is 2. The lowest BCUT2D eigenvalue weighted by atomic mass is 10.2. The fraction of sp³-hybridized carbons (Fsp3) is 0.318. The minimum absolute atomic E-state index is 0.149. The highest BCUT2D eigenvalue weighted by atomic mass is 32.2. The molecule has 2 heterocycles. The maximum Gasteiger partial charge on any atom is 0.336 e. The molecular formula is C22H23NO6S. The molecule has 1 fully saturated rings. The Kier molecular flexibility index (Phi) is 6.06. The zero-order chi connectivity index (χ0) is 21.0. The lowest BCUT2D eigenvalue weighted by Gasteiger charge is -2.19. The standard InChI is InChI=1S/C22H23NO6S/c24-22(29-18-8-11-20-21(15-18)28-16-27-20)12-7-17-5-9-19(10-6-17)30(25,26)23-13-3-1-2-4-14-23/h5-12,15H,1-4,13-14,16H2. The second-order valence-electron chi connectivity index (χ2n) is 7.16. The Balaban J connectivity index is 1.39. The molecule has 0 amide bonds. The molecule has 0 unspecified atom stereocenters. The van der Waals surface area contributed by atoms with E-state index in [0.29, 0.717) is 35.9 Å². The van der Waals surface area contributed by atoms with Crippen LogP contribution in [0, 0.1) is 0 Å². The van der Waals surface area contributed by atoms with Gasteiger partial charge in [0.15, 0.2) is 11.5 Å². The third-order valence-electron chi connectivity index (χ3n) is 5.06. The first-order valence-corrected chi connectivity index (χ1v) is 11.4. The zero-order valence-corrected chi connectivity index (χ0v) is 17.3. The molecule has 0 aromatic heterocycles. The number of fused-ring (bicyclic) bond motifs is 1. The predicted octanol–water partition coefficient (Wildman–Crippen LogP) is 3.60. The van der Waals surface area contributed by atoms with E-state index in [9.17, 15) is 13.2 Å². The van der Waals surface area contributed by atoms with E-state index in [1.165, 1.54) is 6.08 Å². The molecule has 30 heavy (non-hydrogen) atoms.